The minimum absolute atomic E-state index is 0.278. The Hall–Kier alpha value is -1.10. The van der Waals surface area contributed by atoms with Gasteiger partial charge in [-0.25, -0.2) is 0 Å². The van der Waals surface area contributed by atoms with E-state index < -0.39 is 0 Å². The summed E-state index contributed by atoms with van der Waals surface area (Å²) in [6.07, 6.45) is 5.13. The van der Waals surface area contributed by atoms with Crippen molar-refractivity contribution in [1.29, 1.82) is 0 Å². The summed E-state index contributed by atoms with van der Waals surface area (Å²) in [5, 5.41) is 0. The molecule has 0 bridgehead atoms. The molecule has 0 aromatic heterocycles. The molecule has 3 rings (SSSR count). The van der Waals surface area contributed by atoms with Crippen LogP contribution in [0.25, 0.3) is 0 Å². The molecule has 2 aliphatic rings. The van der Waals surface area contributed by atoms with Crippen LogP contribution in [0.5, 0.6) is 5.75 Å². The predicted molar refractivity (Wildman–Crippen MR) is 90.8 cm³/mol. The van der Waals surface area contributed by atoms with E-state index in [1.807, 2.05) is 0 Å². The van der Waals surface area contributed by atoms with Crippen LogP contribution in [0, 0.1) is 5.92 Å². The van der Waals surface area contributed by atoms with Crippen molar-refractivity contribution in [1.82, 2.24) is 4.90 Å². The van der Waals surface area contributed by atoms with E-state index in [1.165, 1.54) is 24.9 Å². The fraction of sp³-hybridized carbons (Fsp3) is 0.684. The van der Waals surface area contributed by atoms with Crippen LogP contribution in [0.3, 0.4) is 0 Å². The van der Waals surface area contributed by atoms with E-state index >= 15 is 0 Å². The number of rotatable bonds is 7. The highest BCUT2D eigenvalue weighted by atomic mass is 16.5. The molecular formula is C19H29NO3. The average Bonchev–Trinajstić information content (AvgIpc) is 3.08. The first-order valence-electron chi connectivity index (χ1n) is 8.88. The maximum Gasteiger partial charge on any atom is 0.119 e. The highest BCUT2D eigenvalue weighted by molar-refractivity contribution is 5.27. The van der Waals surface area contributed by atoms with Crippen molar-refractivity contribution >= 4 is 0 Å². The molecule has 0 aliphatic carbocycles. The minimum atomic E-state index is 0.278. The number of methoxy groups -OCH3 is 1. The van der Waals surface area contributed by atoms with E-state index in [0.29, 0.717) is 12.5 Å². The minimum Gasteiger partial charge on any atom is -0.491 e. The first kappa shape index (κ1) is 16.7. The topological polar surface area (TPSA) is 30.9 Å². The zero-order chi connectivity index (χ0) is 15.9. The molecule has 2 atom stereocenters. The lowest BCUT2D eigenvalue weighted by molar-refractivity contribution is 0.0679. The van der Waals surface area contributed by atoms with Crippen LogP contribution in [0.1, 0.15) is 31.2 Å². The Labute approximate surface area is 139 Å². The maximum absolute atomic E-state index is 5.83. The molecule has 0 unspecified atom stereocenters. The molecule has 0 amide bonds. The molecule has 2 saturated heterocycles. The number of hydrogen-bond acceptors (Lipinski definition) is 4. The summed E-state index contributed by atoms with van der Waals surface area (Å²) in [5.74, 6) is 1.63. The van der Waals surface area contributed by atoms with Crippen molar-refractivity contribution in [3.05, 3.63) is 29.8 Å². The van der Waals surface area contributed by atoms with Gasteiger partial charge in [0.1, 0.15) is 12.4 Å². The maximum atomic E-state index is 5.83. The second-order valence-corrected chi connectivity index (χ2v) is 6.79. The molecule has 2 heterocycles. The smallest absolute Gasteiger partial charge is 0.119 e. The van der Waals surface area contributed by atoms with Crippen LogP contribution in [0.2, 0.25) is 0 Å². The average molecular weight is 319 g/mol. The summed E-state index contributed by atoms with van der Waals surface area (Å²) in [7, 11) is 1.80. The number of likely N-dealkylation sites (tertiary alicyclic amines) is 1. The Morgan fingerprint density at radius 2 is 2.00 bits per heavy atom. The molecule has 1 aromatic carbocycles. The summed E-state index contributed by atoms with van der Waals surface area (Å²) in [6.45, 7) is 5.79. The molecule has 2 aliphatic heterocycles. The Bertz CT molecular complexity index is 454. The lowest BCUT2D eigenvalue weighted by Gasteiger charge is -2.32. The molecule has 0 N–H and O–H groups in total. The van der Waals surface area contributed by atoms with Crippen molar-refractivity contribution in [3.8, 4) is 5.75 Å². The highest BCUT2D eigenvalue weighted by Gasteiger charge is 2.20. The molecule has 0 spiro atoms. The third-order valence-corrected chi connectivity index (χ3v) is 4.79. The normalized spacial score (nSPS) is 25.6. The van der Waals surface area contributed by atoms with E-state index in [0.717, 1.165) is 44.9 Å². The monoisotopic (exact) mass is 319 g/mol. The zero-order valence-corrected chi connectivity index (χ0v) is 14.2. The zero-order valence-electron chi connectivity index (χ0n) is 14.2. The van der Waals surface area contributed by atoms with Gasteiger partial charge in [0.15, 0.2) is 0 Å². The molecule has 1 aromatic rings. The molecule has 2 fully saturated rings. The number of hydrogen-bond donors (Lipinski definition) is 0. The molecule has 0 radical (unpaired) electrons. The molecule has 4 heteroatoms. The van der Waals surface area contributed by atoms with Gasteiger partial charge >= 0.3 is 0 Å². The van der Waals surface area contributed by atoms with Crippen LogP contribution < -0.4 is 4.74 Å². The van der Waals surface area contributed by atoms with Crippen LogP contribution in [0.15, 0.2) is 24.3 Å². The fourth-order valence-electron chi connectivity index (χ4n) is 3.58. The Morgan fingerprint density at radius 1 is 1.13 bits per heavy atom. The molecule has 4 nitrogen and oxygen atoms in total. The van der Waals surface area contributed by atoms with E-state index in [4.69, 9.17) is 14.2 Å². The lowest BCUT2D eigenvalue weighted by Crippen LogP contribution is -2.36. The van der Waals surface area contributed by atoms with Crippen LogP contribution in [0.4, 0.5) is 0 Å². The molecular weight excluding hydrogens is 290 g/mol. The van der Waals surface area contributed by atoms with Gasteiger partial charge in [-0.1, -0.05) is 12.1 Å². The summed E-state index contributed by atoms with van der Waals surface area (Å²) < 4.78 is 16.7. The Balaban J connectivity index is 1.45. The van der Waals surface area contributed by atoms with Gasteiger partial charge in [0.2, 0.25) is 0 Å². The first-order valence-corrected chi connectivity index (χ1v) is 8.88. The van der Waals surface area contributed by atoms with Gasteiger partial charge in [0.25, 0.3) is 0 Å². The van der Waals surface area contributed by atoms with Crippen LogP contribution in [-0.2, 0) is 16.0 Å². The van der Waals surface area contributed by atoms with Crippen molar-refractivity contribution in [2.24, 2.45) is 5.92 Å². The number of benzene rings is 1. The van der Waals surface area contributed by atoms with Gasteiger partial charge in [-0.3, -0.25) is 4.90 Å². The van der Waals surface area contributed by atoms with E-state index in [-0.39, 0.29) is 6.10 Å². The third kappa shape index (κ3) is 5.20. The summed E-state index contributed by atoms with van der Waals surface area (Å²) >= 11 is 0. The Morgan fingerprint density at radius 3 is 2.74 bits per heavy atom. The van der Waals surface area contributed by atoms with Gasteiger partial charge in [0.05, 0.1) is 12.7 Å². The van der Waals surface area contributed by atoms with Crippen molar-refractivity contribution in [2.75, 3.05) is 40.0 Å². The van der Waals surface area contributed by atoms with E-state index in [9.17, 15) is 0 Å². The van der Waals surface area contributed by atoms with Crippen LogP contribution >= 0.6 is 0 Å². The summed E-state index contributed by atoms with van der Waals surface area (Å²) in [5.41, 5.74) is 1.35. The van der Waals surface area contributed by atoms with Crippen molar-refractivity contribution in [2.45, 2.75) is 38.3 Å². The quantitative estimate of drug-likeness (QED) is 0.773. The SMILES string of the molecule is COC[C@@H]1CCCN(Cc2ccc(OC[C@@H]3CCCO3)cc2)C1. The summed E-state index contributed by atoms with van der Waals surface area (Å²) in [4.78, 5) is 2.54. The number of nitrogens with zero attached hydrogens (tertiary/aromatic N) is 1. The largest absolute Gasteiger partial charge is 0.491 e. The van der Waals surface area contributed by atoms with Crippen LogP contribution in [-0.4, -0.2) is 51.0 Å². The second kappa shape index (κ2) is 8.67. The van der Waals surface area contributed by atoms with E-state index in [2.05, 4.69) is 29.2 Å². The molecule has 128 valence electrons. The van der Waals surface area contributed by atoms with Gasteiger partial charge < -0.3 is 14.2 Å². The van der Waals surface area contributed by atoms with Gasteiger partial charge in [-0.15, -0.1) is 0 Å². The van der Waals surface area contributed by atoms with E-state index in [1.54, 1.807) is 7.11 Å². The standard InChI is InChI=1S/C19H29NO3/c1-21-14-17-4-2-10-20(13-17)12-16-6-8-18(9-7-16)23-15-19-5-3-11-22-19/h6-9,17,19H,2-5,10-15H2,1H3/t17-,19+/m1/s1. The number of piperidine rings is 1. The van der Waals surface area contributed by atoms with Gasteiger partial charge in [0, 0.05) is 26.8 Å². The highest BCUT2D eigenvalue weighted by Crippen LogP contribution is 2.21. The summed E-state index contributed by atoms with van der Waals surface area (Å²) in [6, 6.07) is 8.54. The predicted octanol–water partition coefficient (Wildman–Crippen LogP) is 3.10. The Kier molecular flexibility index (Phi) is 6.31. The second-order valence-electron chi connectivity index (χ2n) is 6.79. The fourth-order valence-corrected chi connectivity index (χ4v) is 3.58. The number of ether oxygens (including phenoxy) is 3. The van der Waals surface area contributed by atoms with Crippen molar-refractivity contribution in [3.63, 3.8) is 0 Å². The van der Waals surface area contributed by atoms with Gasteiger partial charge in [-0.2, -0.15) is 0 Å². The lowest BCUT2D eigenvalue weighted by atomic mass is 9.98. The third-order valence-electron chi connectivity index (χ3n) is 4.79. The van der Waals surface area contributed by atoms with Gasteiger partial charge in [-0.05, 0) is 55.8 Å². The van der Waals surface area contributed by atoms with Crippen molar-refractivity contribution < 1.29 is 14.2 Å². The first-order chi connectivity index (χ1) is 11.3. The molecule has 23 heavy (non-hydrogen) atoms. The molecule has 0 saturated carbocycles.